The smallest absolute Gasteiger partial charge is 0.0925 e. The number of ether oxygens (including phenoxy) is 1. The Morgan fingerprint density at radius 3 is 2.70 bits per heavy atom. The molecule has 0 bridgehead atoms. The highest BCUT2D eigenvalue weighted by Gasteiger charge is 2.44. The van der Waals surface area contributed by atoms with E-state index in [4.69, 9.17) is 4.74 Å². The van der Waals surface area contributed by atoms with Crippen LogP contribution in [-0.4, -0.2) is 55.7 Å². The van der Waals surface area contributed by atoms with Crippen molar-refractivity contribution in [3.05, 3.63) is 29.6 Å². The van der Waals surface area contributed by atoms with Crippen LogP contribution in [0.15, 0.2) is 12.5 Å². The van der Waals surface area contributed by atoms with Gasteiger partial charge >= 0.3 is 0 Å². The number of aryl methyl sites for hydroxylation is 1. The first-order chi connectivity index (χ1) is 14.5. The molecule has 2 saturated carbocycles. The molecule has 0 radical (unpaired) electrons. The lowest BCUT2D eigenvalue weighted by molar-refractivity contribution is -0.0375. The molecule has 7 nitrogen and oxygen atoms in total. The Bertz CT molecular complexity index is 840. The summed E-state index contributed by atoms with van der Waals surface area (Å²) >= 11 is 0. The number of rotatable bonds is 8. The second kappa shape index (κ2) is 8.42. The predicted octanol–water partition coefficient (Wildman–Crippen LogP) is 3.39. The van der Waals surface area contributed by atoms with Gasteiger partial charge in [0.25, 0.3) is 0 Å². The first-order valence-electron chi connectivity index (χ1n) is 11.8. The molecule has 0 unspecified atom stereocenters. The predicted molar refractivity (Wildman–Crippen MR) is 115 cm³/mol. The van der Waals surface area contributed by atoms with Crippen molar-refractivity contribution in [2.75, 3.05) is 19.7 Å². The van der Waals surface area contributed by atoms with E-state index in [1.165, 1.54) is 24.2 Å². The number of aromatic amines is 1. The van der Waals surface area contributed by atoms with E-state index in [1.807, 2.05) is 6.33 Å². The number of aromatic nitrogens is 5. The summed E-state index contributed by atoms with van der Waals surface area (Å²) in [5, 5.41) is 9.02. The van der Waals surface area contributed by atoms with Crippen LogP contribution in [-0.2, 0) is 17.7 Å². The van der Waals surface area contributed by atoms with Crippen LogP contribution in [0.3, 0.4) is 0 Å². The number of likely N-dealkylation sites (tertiary alicyclic amines) is 1. The maximum absolute atomic E-state index is 6.51. The van der Waals surface area contributed by atoms with Gasteiger partial charge in [-0.15, -0.1) is 5.10 Å². The molecule has 0 aromatic carbocycles. The number of H-pyrrole nitrogens is 1. The molecule has 4 atom stereocenters. The van der Waals surface area contributed by atoms with E-state index in [0.29, 0.717) is 23.8 Å². The van der Waals surface area contributed by atoms with Crippen LogP contribution in [0.5, 0.6) is 0 Å². The molecule has 5 rings (SSSR count). The van der Waals surface area contributed by atoms with Crippen molar-refractivity contribution < 1.29 is 4.74 Å². The van der Waals surface area contributed by atoms with E-state index in [9.17, 15) is 0 Å². The minimum absolute atomic E-state index is 0.257. The monoisotopic (exact) mass is 412 g/mol. The Morgan fingerprint density at radius 2 is 2.00 bits per heavy atom. The van der Waals surface area contributed by atoms with E-state index in [1.54, 1.807) is 0 Å². The molecule has 7 heteroatoms. The fraction of sp³-hybridized carbons (Fsp3) is 0.783. The summed E-state index contributed by atoms with van der Waals surface area (Å²) in [6.07, 6.45) is 10.2. The van der Waals surface area contributed by atoms with Crippen LogP contribution in [0.2, 0.25) is 0 Å². The van der Waals surface area contributed by atoms with E-state index >= 15 is 0 Å². The van der Waals surface area contributed by atoms with Gasteiger partial charge in [0, 0.05) is 38.1 Å². The lowest BCUT2D eigenvalue weighted by Gasteiger charge is -2.37. The first-order valence-corrected chi connectivity index (χ1v) is 11.8. The molecular weight excluding hydrogens is 376 g/mol. The van der Waals surface area contributed by atoms with Gasteiger partial charge in [0.1, 0.15) is 0 Å². The standard InChI is InChI=1S/C23H36N6O/c1-15(2)6-20-11-29(27-26-20)22-7-18-9-28(12-21-16(3)24-14-25-21)10-19(18)8-23(22)30-13-17-4-5-17/h11,14-15,17-19,22-23H,4-10,12-13H2,1-3H3,(H,24,25)/t18-,19+,22-,23-/m1/s1. The molecular formula is C23H36N6O. The number of imidazole rings is 1. The number of nitrogens with one attached hydrogen (secondary N) is 1. The van der Waals surface area contributed by atoms with Crippen molar-refractivity contribution in [1.82, 2.24) is 29.9 Å². The summed E-state index contributed by atoms with van der Waals surface area (Å²) in [7, 11) is 0. The molecule has 1 aliphatic heterocycles. The largest absolute Gasteiger partial charge is 0.376 e. The van der Waals surface area contributed by atoms with Gasteiger partial charge in [-0.2, -0.15) is 0 Å². The summed E-state index contributed by atoms with van der Waals surface area (Å²) in [6, 6.07) is 0.311. The third-order valence-electron chi connectivity index (χ3n) is 7.23. The second-order valence-corrected chi connectivity index (χ2v) is 10.3. The molecule has 2 aromatic rings. The molecule has 0 amide bonds. The number of hydrogen-bond donors (Lipinski definition) is 1. The van der Waals surface area contributed by atoms with Crippen molar-refractivity contribution >= 4 is 0 Å². The Kier molecular flexibility index (Phi) is 5.67. The quantitative estimate of drug-likeness (QED) is 0.720. The molecule has 30 heavy (non-hydrogen) atoms. The lowest BCUT2D eigenvalue weighted by Crippen LogP contribution is -2.38. The van der Waals surface area contributed by atoms with Crippen LogP contribution in [0, 0.1) is 30.6 Å². The normalized spacial score (nSPS) is 29.6. The summed E-state index contributed by atoms with van der Waals surface area (Å²) in [5.41, 5.74) is 3.48. The van der Waals surface area contributed by atoms with Crippen molar-refractivity contribution in [1.29, 1.82) is 0 Å². The average molecular weight is 413 g/mol. The maximum Gasteiger partial charge on any atom is 0.0925 e. The average Bonchev–Trinajstić information content (AvgIpc) is 3.06. The fourth-order valence-corrected chi connectivity index (χ4v) is 5.36. The SMILES string of the molecule is Cc1[nH]cnc1CN1C[C@H]2C[C@@H](n3cc(CC(C)C)nn3)[C@H](OCC3CC3)C[C@H]2C1. The summed E-state index contributed by atoms with van der Waals surface area (Å²) < 4.78 is 8.64. The van der Waals surface area contributed by atoms with Gasteiger partial charge in [0.05, 0.1) is 29.9 Å². The van der Waals surface area contributed by atoms with Gasteiger partial charge in [0.2, 0.25) is 0 Å². The van der Waals surface area contributed by atoms with Gasteiger partial charge in [-0.05, 0) is 62.7 Å². The van der Waals surface area contributed by atoms with Crippen LogP contribution < -0.4 is 0 Å². The Hall–Kier alpha value is -1.73. The molecule has 2 aromatic heterocycles. The molecule has 164 valence electrons. The Balaban J connectivity index is 1.29. The van der Waals surface area contributed by atoms with Crippen molar-refractivity contribution in [2.45, 2.75) is 71.6 Å². The van der Waals surface area contributed by atoms with E-state index in [2.05, 4.69) is 56.8 Å². The van der Waals surface area contributed by atoms with Gasteiger partial charge in [-0.3, -0.25) is 4.90 Å². The van der Waals surface area contributed by atoms with E-state index < -0.39 is 0 Å². The third kappa shape index (κ3) is 4.47. The van der Waals surface area contributed by atoms with E-state index in [0.717, 1.165) is 57.1 Å². The highest BCUT2D eigenvalue weighted by Crippen LogP contribution is 2.43. The van der Waals surface area contributed by atoms with Crippen LogP contribution in [0.25, 0.3) is 0 Å². The van der Waals surface area contributed by atoms with Gasteiger partial charge < -0.3 is 9.72 Å². The van der Waals surface area contributed by atoms with Crippen molar-refractivity contribution in [3.8, 4) is 0 Å². The van der Waals surface area contributed by atoms with Crippen LogP contribution >= 0.6 is 0 Å². The van der Waals surface area contributed by atoms with Crippen LogP contribution in [0.1, 0.15) is 62.7 Å². The fourth-order valence-electron chi connectivity index (χ4n) is 5.36. The molecule has 1 N–H and O–H groups in total. The summed E-state index contributed by atoms with van der Waals surface area (Å²) in [5.74, 6) is 2.80. The zero-order chi connectivity index (χ0) is 20.7. The summed E-state index contributed by atoms with van der Waals surface area (Å²) in [6.45, 7) is 10.8. The number of hydrogen-bond acceptors (Lipinski definition) is 5. The molecule has 3 fully saturated rings. The van der Waals surface area contributed by atoms with Crippen molar-refractivity contribution in [2.24, 2.45) is 23.7 Å². The summed E-state index contributed by atoms with van der Waals surface area (Å²) in [4.78, 5) is 10.3. The molecule has 2 aliphatic carbocycles. The van der Waals surface area contributed by atoms with Gasteiger partial charge in [-0.1, -0.05) is 19.1 Å². The van der Waals surface area contributed by atoms with Gasteiger partial charge in [-0.25, -0.2) is 9.67 Å². The minimum Gasteiger partial charge on any atom is -0.376 e. The Labute approximate surface area is 179 Å². The van der Waals surface area contributed by atoms with E-state index in [-0.39, 0.29) is 6.10 Å². The third-order valence-corrected chi connectivity index (χ3v) is 7.23. The first kappa shape index (κ1) is 20.2. The zero-order valence-corrected chi connectivity index (χ0v) is 18.6. The molecule has 1 saturated heterocycles. The molecule has 0 spiro atoms. The zero-order valence-electron chi connectivity index (χ0n) is 18.6. The lowest BCUT2D eigenvalue weighted by atomic mass is 9.77. The molecule has 3 aliphatic rings. The Morgan fingerprint density at radius 1 is 1.20 bits per heavy atom. The van der Waals surface area contributed by atoms with Gasteiger partial charge in [0.15, 0.2) is 0 Å². The van der Waals surface area contributed by atoms with Crippen molar-refractivity contribution in [3.63, 3.8) is 0 Å². The number of fused-ring (bicyclic) bond motifs is 1. The second-order valence-electron chi connectivity index (χ2n) is 10.3. The molecule has 3 heterocycles. The highest BCUT2D eigenvalue weighted by molar-refractivity contribution is 5.09. The van der Waals surface area contributed by atoms with Crippen LogP contribution in [0.4, 0.5) is 0 Å². The topological polar surface area (TPSA) is 71.9 Å². The highest BCUT2D eigenvalue weighted by atomic mass is 16.5. The minimum atomic E-state index is 0.257. The number of nitrogens with zero attached hydrogens (tertiary/aromatic N) is 5. The maximum atomic E-state index is 6.51.